The van der Waals surface area contributed by atoms with Crippen LogP contribution < -0.4 is 14.4 Å². The van der Waals surface area contributed by atoms with Crippen LogP contribution in [-0.4, -0.2) is 50.9 Å². The zero-order chi connectivity index (χ0) is 30.3. The lowest BCUT2D eigenvalue weighted by atomic mass is 9.95. The summed E-state index contributed by atoms with van der Waals surface area (Å²) in [5.74, 6) is -0.405. The van der Waals surface area contributed by atoms with Crippen molar-refractivity contribution in [3.63, 3.8) is 0 Å². The highest BCUT2D eigenvalue weighted by molar-refractivity contribution is 7.92. The van der Waals surface area contributed by atoms with E-state index in [0.717, 1.165) is 36.4 Å². The summed E-state index contributed by atoms with van der Waals surface area (Å²) in [5.41, 5.74) is 0.771. The number of benzene rings is 3. The van der Waals surface area contributed by atoms with Crippen molar-refractivity contribution >= 4 is 50.7 Å². The van der Waals surface area contributed by atoms with Gasteiger partial charge >= 0.3 is 0 Å². The molecule has 1 aliphatic carbocycles. The van der Waals surface area contributed by atoms with Gasteiger partial charge < -0.3 is 15.0 Å². The van der Waals surface area contributed by atoms with E-state index in [9.17, 15) is 18.0 Å². The fourth-order valence-electron chi connectivity index (χ4n) is 5.00. The van der Waals surface area contributed by atoms with Gasteiger partial charge in [-0.2, -0.15) is 0 Å². The fourth-order valence-corrected chi connectivity index (χ4v) is 6.93. The normalized spacial score (nSPS) is 14.6. The van der Waals surface area contributed by atoms with Crippen molar-refractivity contribution in [2.24, 2.45) is 0 Å². The molecule has 1 unspecified atom stereocenters. The maximum atomic E-state index is 14.1. The zero-order valence-electron chi connectivity index (χ0n) is 23.6. The van der Waals surface area contributed by atoms with Gasteiger partial charge in [0.1, 0.15) is 18.3 Å². The number of sulfonamides is 1. The Hall–Kier alpha value is -3.27. The summed E-state index contributed by atoms with van der Waals surface area (Å²) in [4.78, 5) is 28.9. The van der Waals surface area contributed by atoms with E-state index in [2.05, 4.69) is 5.32 Å². The topological polar surface area (TPSA) is 96.0 Å². The fraction of sp³-hybridized carbons (Fsp3) is 0.355. The molecule has 224 valence electrons. The van der Waals surface area contributed by atoms with E-state index in [1.807, 2.05) is 0 Å². The summed E-state index contributed by atoms with van der Waals surface area (Å²) < 4.78 is 34.1. The van der Waals surface area contributed by atoms with E-state index in [0.29, 0.717) is 27.0 Å². The molecule has 42 heavy (non-hydrogen) atoms. The van der Waals surface area contributed by atoms with Crippen molar-refractivity contribution in [3.05, 3.63) is 88.4 Å². The minimum Gasteiger partial charge on any atom is -0.497 e. The van der Waals surface area contributed by atoms with Gasteiger partial charge in [0.25, 0.3) is 10.0 Å². The molecule has 0 spiro atoms. The van der Waals surface area contributed by atoms with Crippen LogP contribution in [-0.2, 0) is 26.2 Å². The molecule has 0 aliphatic heterocycles. The van der Waals surface area contributed by atoms with E-state index >= 15 is 0 Å². The molecule has 8 nitrogen and oxygen atoms in total. The molecule has 11 heteroatoms. The van der Waals surface area contributed by atoms with Crippen LogP contribution >= 0.6 is 23.2 Å². The van der Waals surface area contributed by atoms with Gasteiger partial charge in [0.05, 0.1) is 17.7 Å². The van der Waals surface area contributed by atoms with Gasteiger partial charge in [-0.3, -0.25) is 13.9 Å². The van der Waals surface area contributed by atoms with Gasteiger partial charge in [-0.25, -0.2) is 8.42 Å². The van der Waals surface area contributed by atoms with E-state index in [1.165, 1.54) is 24.1 Å². The molecule has 2 amide bonds. The molecule has 1 atom stereocenters. The smallest absolute Gasteiger partial charge is 0.264 e. The number of methoxy groups -OCH3 is 1. The van der Waals surface area contributed by atoms with Gasteiger partial charge in [0, 0.05) is 28.2 Å². The van der Waals surface area contributed by atoms with Crippen molar-refractivity contribution in [1.82, 2.24) is 10.2 Å². The number of hydrogen-bond acceptors (Lipinski definition) is 5. The van der Waals surface area contributed by atoms with Crippen LogP contribution in [0.3, 0.4) is 0 Å². The number of hydrogen-bond donors (Lipinski definition) is 1. The Balaban J connectivity index is 1.69. The van der Waals surface area contributed by atoms with Gasteiger partial charge in [0.15, 0.2) is 0 Å². The molecular weight excluding hydrogens is 597 g/mol. The number of amides is 2. The van der Waals surface area contributed by atoms with Crippen LogP contribution in [0.15, 0.2) is 77.7 Å². The second kappa shape index (κ2) is 14.3. The van der Waals surface area contributed by atoms with E-state index in [1.54, 1.807) is 67.6 Å². The van der Waals surface area contributed by atoms with Crippen LogP contribution in [0, 0.1) is 0 Å². The Morgan fingerprint density at radius 2 is 1.55 bits per heavy atom. The average molecular weight is 633 g/mol. The number of para-hydroxylation sites is 1. The van der Waals surface area contributed by atoms with Gasteiger partial charge in [-0.15, -0.1) is 0 Å². The molecule has 0 radical (unpaired) electrons. The van der Waals surface area contributed by atoms with Gasteiger partial charge in [-0.05, 0) is 68.3 Å². The van der Waals surface area contributed by atoms with E-state index in [4.69, 9.17) is 27.9 Å². The van der Waals surface area contributed by atoms with Crippen molar-refractivity contribution in [2.75, 3.05) is 18.0 Å². The third-order valence-electron chi connectivity index (χ3n) is 7.48. The first-order chi connectivity index (χ1) is 20.1. The molecular formula is C31H35Cl2N3O5S. The van der Waals surface area contributed by atoms with E-state index in [-0.39, 0.29) is 23.4 Å². The van der Waals surface area contributed by atoms with Crippen molar-refractivity contribution in [2.45, 2.75) is 62.6 Å². The lowest BCUT2D eigenvalue weighted by molar-refractivity contribution is -0.139. The molecule has 4 rings (SSSR count). The molecule has 1 fully saturated rings. The number of nitrogens with zero attached hydrogens (tertiary/aromatic N) is 2. The average Bonchev–Trinajstić information content (AvgIpc) is 3.00. The number of ether oxygens (including phenoxy) is 1. The molecule has 3 aromatic carbocycles. The number of anilines is 1. The summed E-state index contributed by atoms with van der Waals surface area (Å²) in [6.45, 7) is 0.995. The summed E-state index contributed by atoms with van der Waals surface area (Å²) in [5, 5.41) is 3.76. The number of nitrogens with one attached hydrogen (secondary N) is 1. The molecule has 1 saturated carbocycles. The highest BCUT2D eigenvalue weighted by atomic mass is 35.5. The Morgan fingerprint density at radius 3 is 2.14 bits per heavy atom. The maximum Gasteiger partial charge on any atom is 0.264 e. The summed E-state index contributed by atoms with van der Waals surface area (Å²) in [6.07, 6.45) is 4.96. The standard InChI is InChI=1S/C31H35Cl2N3O5S/c1-22(31(38)34-23-10-5-3-6-11-23)35(20-27-28(32)14-9-15-29(27)33)30(37)21-36(24-12-7-4-8-13-24)42(39,40)26-18-16-25(41-2)17-19-26/h4,7-9,12-19,22-23H,3,5-6,10-11,20-21H2,1-2H3,(H,34,38). The SMILES string of the molecule is COc1ccc(S(=O)(=O)N(CC(=O)N(Cc2c(Cl)cccc2Cl)C(C)C(=O)NC2CCCCC2)c2ccccc2)cc1. The van der Waals surface area contributed by atoms with Crippen molar-refractivity contribution < 1.29 is 22.7 Å². The van der Waals surface area contributed by atoms with Crippen LogP contribution in [0.4, 0.5) is 5.69 Å². The third-order valence-corrected chi connectivity index (χ3v) is 9.98. The molecule has 0 saturated heterocycles. The highest BCUT2D eigenvalue weighted by Crippen LogP contribution is 2.29. The number of carbonyl (C=O) groups is 2. The molecule has 3 aromatic rings. The first-order valence-electron chi connectivity index (χ1n) is 13.9. The van der Waals surface area contributed by atoms with Crippen molar-refractivity contribution in [3.8, 4) is 5.75 Å². The van der Waals surface area contributed by atoms with Gasteiger partial charge in [-0.1, -0.05) is 66.7 Å². The summed E-state index contributed by atoms with van der Waals surface area (Å²) in [6, 6.07) is 18.4. The van der Waals surface area contributed by atoms with Crippen LogP contribution in [0.25, 0.3) is 0 Å². The predicted molar refractivity (Wildman–Crippen MR) is 165 cm³/mol. The Bertz CT molecular complexity index is 1460. The number of halogens is 2. The number of carbonyl (C=O) groups excluding carboxylic acids is 2. The minimum atomic E-state index is -4.19. The van der Waals surface area contributed by atoms with E-state index < -0.39 is 28.5 Å². The lowest BCUT2D eigenvalue weighted by Crippen LogP contribution is -2.53. The largest absolute Gasteiger partial charge is 0.497 e. The minimum absolute atomic E-state index is 0.0104. The highest BCUT2D eigenvalue weighted by Gasteiger charge is 2.33. The monoisotopic (exact) mass is 631 g/mol. The molecule has 1 aliphatic rings. The van der Waals surface area contributed by atoms with Crippen LogP contribution in [0.2, 0.25) is 10.0 Å². The zero-order valence-corrected chi connectivity index (χ0v) is 26.0. The van der Waals surface area contributed by atoms with Gasteiger partial charge in [0.2, 0.25) is 11.8 Å². The molecule has 0 bridgehead atoms. The quantitative estimate of drug-likeness (QED) is 0.277. The Labute approximate surface area is 257 Å². The van der Waals surface area contributed by atoms with Crippen molar-refractivity contribution in [1.29, 1.82) is 0 Å². The molecule has 0 aromatic heterocycles. The first-order valence-corrected chi connectivity index (χ1v) is 16.1. The molecule has 0 heterocycles. The molecule has 1 N–H and O–H groups in total. The second-order valence-corrected chi connectivity index (χ2v) is 12.9. The lowest BCUT2D eigenvalue weighted by Gasteiger charge is -2.33. The third kappa shape index (κ3) is 7.56. The summed E-state index contributed by atoms with van der Waals surface area (Å²) in [7, 11) is -2.70. The second-order valence-electron chi connectivity index (χ2n) is 10.3. The Kier molecular flexibility index (Phi) is 10.8. The predicted octanol–water partition coefficient (Wildman–Crippen LogP) is 6.06. The maximum absolute atomic E-state index is 14.1. The number of rotatable bonds is 11. The Morgan fingerprint density at radius 1 is 0.929 bits per heavy atom. The van der Waals surface area contributed by atoms with Crippen LogP contribution in [0.1, 0.15) is 44.6 Å². The first kappa shape index (κ1) is 31.7. The van der Waals surface area contributed by atoms with Crippen LogP contribution in [0.5, 0.6) is 5.75 Å². The summed E-state index contributed by atoms with van der Waals surface area (Å²) >= 11 is 12.9.